The number of para-hydroxylation sites is 1. The Morgan fingerprint density at radius 1 is 1.19 bits per heavy atom. The second-order valence-corrected chi connectivity index (χ2v) is 6.34. The highest BCUT2D eigenvalue weighted by Gasteiger charge is 2.41. The van der Waals surface area contributed by atoms with E-state index in [1.165, 1.54) is 0 Å². The summed E-state index contributed by atoms with van der Waals surface area (Å²) in [4.78, 5) is 26.6. The van der Waals surface area contributed by atoms with Crippen molar-refractivity contribution in [3.63, 3.8) is 0 Å². The van der Waals surface area contributed by atoms with E-state index < -0.39 is 0 Å². The summed E-state index contributed by atoms with van der Waals surface area (Å²) >= 11 is 0. The number of hydrogen-bond acceptors (Lipinski definition) is 2. The largest absolute Gasteiger partial charge is 0.344 e. The molecule has 0 radical (unpaired) electrons. The van der Waals surface area contributed by atoms with E-state index in [-0.39, 0.29) is 17.9 Å². The predicted molar refractivity (Wildman–Crippen MR) is 82.2 cm³/mol. The number of nitrogens with one attached hydrogen (secondary N) is 1. The van der Waals surface area contributed by atoms with Crippen molar-refractivity contribution in [2.45, 2.75) is 45.1 Å². The molecule has 1 aliphatic carbocycles. The van der Waals surface area contributed by atoms with Gasteiger partial charge in [0.05, 0.1) is 0 Å². The Kier molecular flexibility index (Phi) is 3.70. The van der Waals surface area contributed by atoms with Crippen molar-refractivity contribution in [2.24, 2.45) is 5.92 Å². The molecule has 2 fully saturated rings. The fourth-order valence-corrected chi connectivity index (χ4v) is 3.01. The molecule has 0 spiro atoms. The van der Waals surface area contributed by atoms with E-state index in [0.29, 0.717) is 24.8 Å². The molecule has 1 N–H and O–H groups in total. The molecule has 1 saturated carbocycles. The number of benzene rings is 1. The molecular formula is C17H22N2O2. The van der Waals surface area contributed by atoms with Crippen molar-refractivity contribution in [2.75, 3.05) is 11.4 Å². The van der Waals surface area contributed by atoms with Crippen molar-refractivity contribution in [3.8, 4) is 0 Å². The van der Waals surface area contributed by atoms with Crippen LogP contribution in [0.2, 0.25) is 0 Å². The van der Waals surface area contributed by atoms with Gasteiger partial charge in [-0.1, -0.05) is 32.0 Å². The van der Waals surface area contributed by atoms with Crippen molar-refractivity contribution in [1.82, 2.24) is 5.32 Å². The van der Waals surface area contributed by atoms with Crippen molar-refractivity contribution >= 4 is 17.5 Å². The summed E-state index contributed by atoms with van der Waals surface area (Å²) in [6.45, 7) is 4.73. The molecule has 1 unspecified atom stereocenters. The van der Waals surface area contributed by atoms with Crippen LogP contribution in [0, 0.1) is 5.92 Å². The van der Waals surface area contributed by atoms with E-state index in [0.717, 1.165) is 24.1 Å². The average Bonchev–Trinajstić information content (AvgIpc) is 3.29. The lowest BCUT2D eigenvalue weighted by Crippen LogP contribution is -2.46. The van der Waals surface area contributed by atoms with Crippen LogP contribution in [0.1, 0.15) is 44.6 Å². The summed E-state index contributed by atoms with van der Waals surface area (Å²) in [6, 6.07) is 7.69. The fourth-order valence-electron chi connectivity index (χ4n) is 3.01. The lowest BCUT2D eigenvalue weighted by Gasteiger charge is -2.27. The van der Waals surface area contributed by atoms with E-state index in [1.807, 2.05) is 23.1 Å². The van der Waals surface area contributed by atoms with Gasteiger partial charge in [-0.3, -0.25) is 9.59 Å². The Morgan fingerprint density at radius 3 is 2.57 bits per heavy atom. The Hall–Kier alpha value is -1.84. The SMILES string of the molecule is CC(C)c1ccccc1N1CCC(=O)NC(C2CC2)C1=O. The Morgan fingerprint density at radius 2 is 1.90 bits per heavy atom. The molecule has 4 nitrogen and oxygen atoms in total. The van der Waals surface area contributed by atoms with Crippen molar-refractivity contribution < 1.29 is 9.59 Å². The van der Waals surface area contributed by atoms with Crippen LogP contribution < -0.4 is 10.2 Å². The number of carbonyl (C=O) groups is 2. The van der Waals surface area contributed by atoms with Crippen LogP contribution in [-0.2, 0) is 9.59 Å². The van der Waals surface area contributed by atoms with Gasteiger partial charge in [0.2, 0.25) is 11.8 Å². The molecule has 4 heteroatoms. The van der Waals surface area contributed by atoms with Crippen LogP contribution in [0.25, 0.3) is 0 Å². The van der Waals surface area contributed by atoms with Crippen LogP contribution in [0.4, 0.5) is 5.69 Å². The number of nitrogens with zero attached hydrogens (tertiary/aromatic N) is 1. The normalized spacial score (nSPS) is 23.2. The molecule has 112 valence electrons. The van der Waals surface area contributed by atoms with Gasteiger partial charge in [0.25, 0.3) is 0 Å². The first-order valence-electron chi connectivity index (χ1n) is 7.77. The summed E-state index contributed by atoms with van der Waals surface area (Å²) in [6.07, 6.45) is 2.45. The third kappa shape index (κ3) is 2.80. The van der Waals surface area contributed by atoms with Crippen LogP contribution in [-0.4, -0.2) is 24.4 Å². The van der Waals surface area contributed by atoms with Crippen LogP contribution >= 0.6 is 0 Å². The second-order valence-electron chi connectivity index (χ2n) is 6.34. The van der Waals surface area contributed by atoms with Gasteiger partial charge in [-0.15, -0.1) is 0 Å². The molecule has 0 bridgehead atoms. The zero-order valence-corrected chi connectivity index (χ0v) is 12.6. The highest BCUT2D eigenvalue weighted by Crippen LogP contribution is 2.36. The van der Waals surface area contributed by atoms with Gasteiger partial charge < -0.3 is 10.2 Å². The molecule has 1 aromatic carbocycles. The second kappa shape index (κ2) is 5.51. The van der Waals surface area contributed by atoms with Gasteiger partial charge in [-0.05, 0) is 36.3 Å². The van der Waals surface area contributed by atoms with Crippen LogP contribution in [0.5, 0.6) is 0 Å². The Bertz CT molecular complexity index is 564. The van der Waals surface area contributed by atoms with Crippen molar-refractivity contribution in [3.05, 3.63) is 29.8 Å². The third-order valence-corrected chi connectivity index (χ3v) is 4.35. The number of amides is 2. The molecular weight excluding hydrogens is 264 g/mol. The first kappa shape index (κ1) is 14.1. The van der Waals surface area contributed by atoms with Gasteiger partial charge in [-0.2, -0.15) is 0 Å². The minimum absolute atomic E-state index is 0.00946. The molecule has 21 heavy (non-hydrogen) atoms. The van der Waals surface area contributed by atoms with Gasteiger partial charge in [-0.25, -0.2) is 0 Å². The maximum Gasteiger partial charge on any atom is 0.249 e. The monoisotopic (exact) mass is 286 g/mol. The van der Waals surface area contributed by atoms with Gasteiger partial charge >= 0.3 is 0 Å². The molecule has 1 atom stereocenters. The Labute approximate surface area is 125 Å². The predicted octanol–water partition coefficient (Wildman–Crippen LogP) is 2.44. The molecule has 2 aliphatic rings. The van der Waals surface area contributed by atoms with E-state index in [1.54, 1.807) is 0 Å². The molecule has 0 aromatic heterocycles. The molecule has 2 amide bonds. The summed E-state index contributed by atoms with van der Waals surface area (Å²) in [5.74, 6) is 0.717. The highest BCUT2D eigenvalue weighted by molar-refractivity contribution is 6.02. The smallest absolute Gasteiger partial charge is 0.249 e. The summed E-state index contributed by atoms with van der Waals surface area (Å²) in [7, 11) is 0. The van der Waals surface area contributed by atoms with Crippen LogP contribution in [0.15, 0.2) is 24.3 Å². The molecule has 1 aliphatic heterocycles. The molecule has 1 saturated heterocycles. The molecule has 1 aromatic rings. The first-order valence-corrected chi connectivity index (χ1v) is 7.77. The van der Waals surface area contributed by atoms with Gasteiger partial charge in [0.15, 0.2) is 0 Å². The maximum absolute atomic E-state index is 12.9. The van der Waals surface area contributed by atoms with E-state index in [2.05, 4.69) is 25.2 Å². The van der Waals surface area contributed by atoms with E-state index >= 15 is 0 Å². The summed E-state index contributed by atoms with van der Waals surface area (Å²) < 4.78 is 0. The average molecular weight is 286 g/mol. The fraction of sp³-hybridized carbons (Fsp3) is 0.529. The minimum Gasteiger partial charge on any atom is -0.344 e. The Balaban J connectivity index is 1.96. The molecule has 3 rings (SSSR count). The minimum atomic E-state index is -0.333. The maximum atomic E-state index is 12.9. The van der Waals surface area contributed by atoms with Gasteiger partial charge in [0, 0.05) is 18.7 Å². The van der Waals surface area contributed by atoms with E-state index in [9.17, 15) is 9.59 Å². The number of anilines is 1. The lowest BCUT2D eigenvalue weighted by atomic mass is 9.99. The number of hydrogen-bond donors (Lipinski definition) is 1. The zero-order valence-electron chi connectivity index (χ0n) is 12.6. The first-order chi connectivity index (χ1) is 10.1. The number of carbonyl (C=O) groups excluding carboxylic acids is 2. The van der Waals surface area contributed by atoms with Gasteiger partial charge in [0.1, 0.15) is 6.04 Å². The summed E-state index contributed by atoms with van der Waals surface area (Å²) in [5, 5.41) is 2.91. The zero-order chi connectivity index (χ0) is 15.0. The van der Waals surface area contributed by atoms with E-state index in [4.69, 9.17) is 0 Å². The quantitative estimate of drug-likeness (QED) is 0.928. The molecule has 1 heterocycles. The van der Waals surface area contributed by atoms with Crippen LogP contribution in [0.3, 0.4) is 0 Å². The topological polar surface area (TPSA) is 49.4 Å². The standard InChI is InChI=1S/C17H22N2O2/c1-11(2)13-5-3-4-6-14(13)19-10-9-15(20)18-16(17(19)21)12-7-8-12/h3-6,11-12,16H,7-10H2,1-2H3,(H,18,20). The summed E-state index contributed by atoms with van der Waals surface area (Å²) in [5.41, 5.74) is 2.12. The lowest BCUT2D eigenvalue weighted by molar-refractivity contribution is -0.126. The number of rotatable bonds is 3. The van der Waals surface area contributed by atoms with Crippen molar-refractivity contribution in [1.29, 1.82) is 0 Å². The highest BCUT2D eigenvalue weighted by atomic mass is 16.2. The third-order valence-electron chi connectivity index (χ3n) is 4.35.